The summed E-state index contributed by atoms with van der Waals surface area (Å²) in [6, 6.07) is 15.9. The summed E-state index contributed by atoms with van der Waals surface area (Å²) >= 11 is 0. The topological polar surface area (TPSA) is 87.7 Å². The second-order valence-corrected chi connectivity index (χ2v) is 9.33. The van der Waals surface area contributed by atoms with Crippen LogP contribution in [0, 0.1) is 5.92 Å². The second-order valence-electron chi connectivity index (χ2n) is 9.33. The van der Waals surface area contributed by atoms with E-state index in [0.717, 1.165) is 44.1 Å². The van der Waals surface area contributed by atoms with E-state index in [1.165, 1.54) is 0 Å². The predicted octanol–water partition coefficient (Wildman–Crippen LogP) is 5.66. The zero-order valence-corrected chi connectivity index (χ0v) is 21.1. The highest BCUT2D eigenvalue weighted by atomic mass is 16.5. The number of amides is 3. The van der Waals surface area contributed by atoms with Crippen LogP contribution in [0.25, 0.3) is 5.70 Å². The Hall–Kier alpha value is -3.61. The first kappa shape index (κ1) is 25.5. The quantitative estimate of drug-likeness (QED) is 0.445. The monoisotopic (exact) mass is 489 g/mol. The van der Waals surface area contributed by atoms with Crippen molar-refractivity contribution in [2.45, 2.75) is 58.4 Å². The number of nitrogens with zero attached hydrogens (tertiary/aromatic N) is 1. The van der Waals surface area contributed by atoms with E-state index in [4.69, 9.17) is 4.74 Å². The van der Waals surface area contributed by atoms with Gasteiger partial charge in [-0.25, -0.2) is 9.59 Å². The Bertz CT molecular complexity index is 1120. The minimum Gasteiger partial charge on any atom is -0.463 e. The smallest absolute Gasteiger partial charge is 0.338 e. The lowest BCUT2D eigenvalue weighted by Gasteiger charge is -2.37. The number of rotatable bonds is 9. The molecule has 1 fully saturated rings. The van der Waals surface area contributed by atoms with Gasteiger partial charge in [0.1, 0.15) is 0 Å². The first-order valence-corrected chi connectivity index (χ1v) is 13.0. The Morgan fingerprint density at radius 2 is 1.81 bits per heavy atom. The van der Waals surface area contributed by atoms with Crippen molar-refractivity contribution in [3.8, 4) is 0 Å². The summed E-state index contributed by atoms with van der Waals surface area (Å²) in [5, 5.41) is 6.06. The molecule has 2 aromatic rings. The maximum Gasteiger partial charge on any atom is 0.338 e. The second kappa shape index (κ2) is 11.9. The molecule has 3 amide bonds. The Morgan fingerprint density at radius 1 is 1.06 bits per heavy atom. The number of unbranched alkanes of at least 4 members (excludes halogenated alkanes) is 1. The zero-order chi connectivity index (χ0) is 25.5. The third kappa shape index (κ3) is 5.61. The summed E-state index contributed by atoms with van der Waals surface area (Å²) in [7, 11) is 0. The van der Waals surface area contributed by atoms with Crippen molar-refractivity contribution in [2.75, 3.05) is 18.5 Å². The molecular weight excluding hydrogens is 454 g/mol. The summed E-state index contributed by atoms with van der Waals surface area (Å²) in [6.45, 7) is 4.54. The molecule has 190 valence electrons. The standard InChI is InChI=1S/C29H35N3O4/c1-3-5-18-32-26(20-12-7-6-8-13-20)24(28(34)36-4-2)25(31-29(32)35)22-16-11-17-23(19-22)30-27(33)21-14-9-10-15-21/h6-8,11-13,16-17,19,21,25H,3-5,9-10,14-15,18H2,1-2H3,(H,30,33)(H,31,35). The van der Waals surface area contributed by atoms with Crippen LogP contribution in [0.1, 0.15) is 69.5 Å². The van der Waals surface area contributed by atoms with E-state index in [9.17, 15) is 14.4 Å². The molecule has 0 radical (unpaired) electrons. The minimum absolute atomic E-state index is 0.0224. The summed E-state index contributed by atoms with van der Waals surface area (Å²) in [5.74, 6) is -0.410. The molecule has 2 aromatic carbocycles. The molecular formula is C29H35N3O4. The number of esters is 1. The number of benzene rings is 2. The van der Waals surface area contributed by atoms with E-state index in [2.05, 4.69) is 17.6 Å². The number of ether oxygens (including phenoxy) is 1. The number of hydrogen-bond donors (Lipinski definition) is 2. The molecule has 0 bridgehead atoms. The van der Waals surface area contributed by atoms with Crippen molar-refractivity contribution in [3.63, 3.8) is 0 Å². The molecule has 0 spiro atoms. The Kier molecular flexibility index (Phi) is 8.41. The molecule has 0 saturated heterocycles. The van der Waals surface area contributed by atoms with Gasteiger partial charge in [-0.15, -0.1) is 0 Å². The number of carbonyl (C=O) groups is 3. The van der Waals surface area contributed by atoms with E-state index in [-0.39, 0.29) is 24.5 Å². The summed E-state index contributed by atoms with van der Waals surface area (Å²) in [5.41, 5.74) is 3.09. The van der Waals surface area contributed by atoms with Crippen LogP contribution >= 0.6 is 0 Å². The number of anilines is 1. The fourth-order valence-electron chi connectivity index (χ4n) is 5.00. The van der Waals surface area contributed by atoms with Crippen LogP contribution in [0.15, 0.2) is 60.2 Å². The molecule has 2 N–H and O–H groups in total. The minimum atomic E-state index is -0.715. The summed E-state index contributed by atoms with van der Waals surface area (Å²) in [4.78, 5) is 41.2. The molecule has 0 aromatic heterocycles. The van der Waals surface area contributed by atoms with Gasteiger partial charge in [-0.3, -0.25) is 9.69 Å². The molecule has 2 aliphatic rings. The number of hydrogen-bond acceptors (Lipinski definition) is 4. The van der Waals surface area contributed by atoms with Crippen molar-refractivity contribution in [3.05, 3.63) is 71.3 Å². The molecule has 1 aliphatic carbocycles. The first-order valence-electron chi connectivity index (χ1n) is 13.0. The van der Waals surface area contributed by atoms with E-state index in [1.807, 2.05) is 54.6 Å². The van der Waals surface area contributed by atoms with Crippen LogP contribution in [0.3, 0.4) is 0 Å². The maximum absolute atomic E-state index is 13.4. The fourth-order valence-corrected chi connectivity index (χ4v) is 5.00. The van der Waals surface area contributed by atoms with Gasteiger partial charge in [0.05, 0.1) is 23.9 Å². The average Bonchev–Trinajstić information content (AvgIpc) is 3.43. The van der Waals surface area contributed by atoms with E-state index in [1.54, 1.807) is 11.8 Å². The number of urea groups is 1. The van der Waals surface area contributed by atoms with Crippen molar-refractivity contribution in [1.82, 2.24) is 10.2 Å². The van der Waals surface area contributed by atoms with Gasteiger partial charge in [-0.1, -0.05) is 68.7 Å². The van der Waals surface area contributed by atoms with Crippen LogP contribution < -0.4 is 10.6 Å². The average molecular weight is 490 g/mol. The van der Waals surface area contributed by atoms with Crippen LogP contribution in [-0.4, -0.2) is 36.0 Å². The lowest BCUT2D eigenvalue weighted by atomic mass is 9.91. The molecule has 1 unspecified atom stereocenters. The van der Waals surface area contributed by atoms with Crippen LogP contribution in [0.5, 0.6) is 0 Å². The Morgan fingerprint density at radius 3 is 2.50 bits per heavy atom. The maximum atomic E-state index is 13.4. The molecule has 4 rings (SSSR count). The SMILES string of the molecule is CCCCN1C(=O)NC(c2cccc(NC(=O)C3CCCC3)c2)C(C(=O)OCC)=C1c1ccccc1. The van der Waals surface area contributed by atoms with Gasteiger partial charge in [-0.2, -0.15) is 0 Å². The molecule has 1 aliphatic heterocycles. The lowest BCUT2D eigenvalue weighted by molar-refractivity contribution is -0.139. The van der Waals surface area contributed by atoms with Crippen molar-refractivity contribution in [1.29, 1.82) is 0 Å². The Balaban J connectivity index is 1.78. The van der Waals surface area contributed by atoms with Gasteiger partial charge >= 0.3 is 12.0 Å². The molecule has 7 heteroatoms. The van der Waals surface area contributed by atoms with Gasteiger partial charge in [0.15, 0.2) is 0 Å². The first-order chi connectivity index (χ1) is 17.5. The highest BCUT2D eigenvalue weighted by Crippen LogP contribution is 2.37. The predicted molar refractivity (Wildman–Crippen MR) is 140 cm³/mol. The van der Waals surface area contributed by atoms with Gasteiger partial charge in [-0.05, 0) is 49.4 Å². The fraction of sp³-hybridized carbons (Fsp3) is 0.414. The van der Waals surface area contributed by atoms with Crippen molar-refractivity contribution >= 4 is 29.3 Å². The molecule has 7 nitrogen and oxygen atoms in total. The largest absolute Gasteiger partial charge is 0.463 e. The summed E-state index contributed by atoms with van der Waals surface area (Å²) < 4.78 is 5.49. The molecule has 1 saturated carbocycles. The van der Waals surface area contributed by atoms with E-state index < -0.39 is 12.0 Å². The van der Waals surface area contributed by atoms with Crippen molar-refractivity contribution < 1.29 is 19.1 Å². The van der Waals surface area contributed by atoms with Crippen LogP contribution in [0.2, 0.25) is 0 Å². The van der Waals surface area contributed by atoms with Gasteiger partial charge in [0.25, 0.3) is 0 Å². The normalized spacial score (nSPS) is 18.2. The third-order valence-electron chi connectivity index (χ3n) is 6.82. The van der Waals surface area contributed by atoms with Gasteiger partial charge in [0, 0.05) is 18.2 Å². The molecule has 1 atom stereocenters. The third-order valence-corrected chi connectivity index (χ3v) is 6.82. The van der Waals surface area contributed by atoms with Gasteiger partial charge in [0.2, 0.25) is 5.91 Å². The highest BCUT2D eigenvalue weighted by Gasteiger charge is 2.38. The van der Waals surface area contributed by atoms with E-state index >= 15 is 0 Å². The molecule has 1 heterocycles. The van der Waals surface area contributed by atoms with Crippen LogP contribution in [0.4, 0.5) is 10.5 Å². The highest BCUT2D eigenvalue weighted by molar-refractivity contribution is 6.04. The van der Waals surface area contributed by atoms with Crippen LogP contribution in [-0.2, 0) is 14.3 Å². The number of nitrogens with one attached hydrogen (secondary N) is 2. The zero-order valence-electron chi connectivity index (χ0n) is 21.1. The van der Waals surface area contributed by atoms with E-state index in [0.29, 0.717) is 29.1 Å². The molecule has 36 heavy (non-hydrogen) atoms. The van der Waals surface area contributed by atoms with Crippen molar-refractivity contribution in [2.24, 2.45) is 5.92 Å². The Labute approximate surface area is 212 Å². The number of carbonyl (C=O) groups excluding carboxylic acids is 3. The summed E-state index contributed by atoms with van der Waals surface area (Å²) in [6.07, 6.45) is 5.69. The lowest BCUT2D eigenvalue weighted by Crippen LogP contribution is -2.48. The van der Waals surface area contributed by atoms with Gasteiger partial charge < -0.3 is 15.4 Å².